The highest BCUT2D eigenvalue weighted by atomic mass is 16.5. The molecule has 0 saturated carbocycles. The maximum atomic E-state index is 11.0. The molecule has 0 aromatic carbocycles. The van der Waals surface area contributed by atoms with E-state index in [1.165, 1.54) is 13.8 Å². The molecule has 1 aliphatic carbocycles. The van der Waals surface area contributed by atoms with Crippen molar-refractivity contribution in [2.75, 3.05) is 0 Å². The summed E-state index contributed by atoms with van der Waals surface area (Å²) < 4.78 is 10.3. The molecule has 0 spiro atoms. The smallest absolute Gasteiger partial charge is 0.303 e. The molecule has 0 N–H and O–H groups in total. The van der Waals surface area contributed by atoms with E-state index in [2.05, 4.69) is 13.2 Å². The van der Waals surface area contributed by atoms with Gasteiger partial charge in [-0.1, -0.05) is 18.7 Å². The number of esters is 2. The van der Waals surface area contributed by atoms with Gasteiger partial charge in [-0.05, 0) is 24.6 Å². The van der Waals surface area contributed by atoms with Gasteiger partial charge in [0.2, 0.25) is 0 Å². The van der Waals surface area contributed by atoms with E-state index >= 15 is 0 Å². The first-order valence-electron chi connectivity index (χ1n) is 5.69. The van der Waals surface area contributed by atoms with Crippen LogP contribution >= 0.6 is 0 Å². The normalized spacial score (nSPS) is 26.6. The number of rotatable bonds is 3. The third kappa shape index (κ3) is 3.32. The Labute approximate surface area is 107 Å². The predicted molar refractivity (Wildman–Crippen MR) is 67.7 cm³/mol. The van der Waals surface area contributed by atoms with E-state index in [9.17, 15) is 9.59 Å². The van der Waals surface area contributed by atoms with Crippen LogP contribution in [0.3, 0.4) is 0 Å². The van der Waals surface area contributed by atoms with Crippen LogP contribution in [0.15, 0.2) is 36.5 Å². The summed E-state index contributed by atoms with van der Waals surface area (Å²) in [6.45, 7) is 12.3. The summed E-state index contributed by atoms with van der Waals surface area (Å²) in [5, 5.41) is 0. The predicted octanol–water partition coefficient (Wildman–Crippen LogP) is 2.17. The first-order chi connectivity index (χ1) is 8.32. The van der Waals surface area contributed by atoms with Crippen molar-refractivity contribution >= 4 is 11.9 Å². The minimum atomic E-state index is -0.490. The third-order valence-electron chi connectivity index (χ3n) is 2.69. The molecule has 0 heterocycles. The van der Waals surface area contributed by atoms with E-state index in [0.717, 1.165) is 5.57 Å². The van der Waals surface area contributed by atoms with Crippen LogP contribution in [0.5, 0.6) is 0 Å². The van der Waals surface area contributed by atoms with Crippen molar-refractivity contribution in [2.24, 2.45) is 5.92 Å². The summed E-state index contributed by atoms with van der Waals surface area (Å²) in [4.78, 5) is 22.0. The fourth-order valence-electron chi connectivity index (χ4n) is 2.02. The molecule has 0 aromatic heterocycles. The Morgan fingerprint density at radius 1 is 1.11 bits per heavy atom. The Kier molecular flexibility index (Phi) is 4.48. The van der Waals surface area contributed by atoms with Crippen LogP contribution < -0.4 is 0 Å². The van der Waals surface area contributed by atoms with Gasteiger partial charge in [0.25, 0.3) is 0 Å². The van der Waals surface area contributed by atoms with E-state index in [1.807, 2.05) is 6.92 Å². The standard InChI is InChI=1S/C14H18O4/c1-8(2)14-9(3)12(17-10(4)15)6-7-13(14)18-11(5)16/h6-7,12-14H,1,3H2,2,4-5H3/t12-,13+,14-/m1/s1. The molecule has 4 nitrogen and oxygen atoms in total. The van der Waals surface area contributed by atoms with Gasteiger partial charge in [0.15, 0.2) is 0 Å². The van der Waals surface area contributed by atoms with E-state index in [0.29, 0.717) is 5.57 Å². The van der Waals surface area contributed by atoms with E-state index in [1.54, 1.807) is 12.2 Å². The Bertz CT molecular complexity index is 420. The molecule has 3 atom stereocenters. The van der Waals surface area contributed by atoms with Gasteiger partial charge in [-0.2, -0.15) is 0 Å². The van der Waals surface area contributed by atoms with Crippen LogP contribution in [0, 0.1) is 5.92 Å². The monoisotopic (exact) mass is 250 g/mol. The number of hydrogen-bond donors (Lipinski definition) is 0. The first-order valence-corrected chi connectivity index (χ1v) is 5.69. The summed E-state index contributed by atoms with van der Waals surface area (Å²) in [6, 6.07) is 0. The van der Waals surface area contributed by atoms with Crippen LogP contribution in [-0.4, -0.2) is 24.1 Å². The zero-order valence-corrected chi connectivity index (χ0v) is 10.9. The van der Waals surface area contributed by atoms with Gasteiger partial charge >= 0.3 is 11.9 Å². The molecule has 4 heteroatoms. The van der Waals surface area contributed by atoms with Crippen molar-refractivity contribution in [3.8, 4) is 0 Å². The number of hydrogen-bond acceptors (Lipinski definition) is 4. The Morgan fingerprint density at radius 3 is 2.11 bits per heavy atom. The van der Waals surface area contributed by atoms with Gasteiger partial charge in [-0.25, -0.2) is 0 Å². The van der Waals surface area contributed by atoms with Gasteiger partial charge in [0.05, 0.1) is 0 Å². The number of ether oxygens (including phenoxy) is 2. The average molecular weight is 250 g/mol. The van der Waals surface area contributed by atoms with E-state index in [-0.39, 0.29) is 17.9 Å². The van der Waals surface area contributed by atoms with Gasteiger partial charge in [0, 0.05) is 19.8 Å². The molecule has 1 aliphatic rings. The lowest BCUT2D eigenvalue weighted by molar-refractivity contribution is -0.148. The lowest BCUT2D eigenvalue weighted by atomic mass is 9.81. The zero-order chi connectivity index (χ0) is 13.9. The molecule has 0 saturated heterocycles. The Morgan fingerprint density at radius 2 is 1.67 bits per heavy atom. The van der Waals surface area contributed by atoms with Gasteiger partial charge in [0.1, 0.15) is 12.2 Å². The molecule has 18 heavy (non-hydrogen) atoms. The molecule has 0 bridgehead atoms. The third-order valence-corrected chi connectivity index (χ3v) is 2.69. The second-order valence-electron chi connectivity index (χ2n) is 4.39. The highest BCUT2D eigenvalue weighted by molar-refractivity contribution is 5.67. The van der Waals surface area contributed by atoms with Crippen LogP contribution in [0.2, 0.25) is 0 Å². The minimum absolute atomic E-state index is 0.233. The minimum Gasteiger partial charge on any atom is -0.457 e. The molecule has 0 aromatic rings. The molecule has 0 amide bonds. The topological polar surface area (TPSA) is 52.6 Å². The average Bonchev–Trinajstić information content (AvgIpc) is 2.20. The largest absolute Gasteiger partial charge is 0.457 e. The number of carbonyl (C=O) groups is 2. The molecule has 1 rings (SSSR count). The number of carbonyl (C=O) groups excluding carboxylic acids is 2. The van der Waals surface area contributed by atoms with Crippen molar-refractivity contribution in [2.45, 2.75) is 33.0 Å². The van der Waals surface area contributed by atoms with Crippen LogP contribution in [0.4, 0.5) is 0 Å². The molecular weight excluding hydrogens is 232 g/mol. The van der Waals surface area contributed by atoms with Crippen LogP contribution in [0.1, 0.15) is 20.8 Å². The second kappa shape index (κ2) is 5.67. The summed E-state index contributed by atoms with van der Waals surface area (Å²) in [7, 11) is 0. The maximum absolute atomic E-state index is 11.0. The summed E-state index contributed by atoms with van der Waals surface area (Å²) >= 11 is 0. The fourth-order valence-corrected chi connectivity index (χ4v) is 2.02. The molecular formula is C14H18O4. The molecule has 98 valence electrons. The highest BCUT2D eigenvalue weighted by Crippen LogP contribution is 2.32. The SMILES string of the molecule is C=C(C)[C@@H]1C(=C)[C@H](OC(C)=O)C=C[C@@H]1OC(C)=O. The molecule has 0 radical (unpaired) electrons. The fraction of sp³-hybridized carbons (Fsp3) is 0.429. The van der Waals surface area contributed by atoms with E-state index < -0.39 is 12.2 Å². The first kappa shape index (κ1) is 14.2. The zero-order valence-electron chi connectivity index (χ0n) is 10.9. The second-order valence-corrected chi connectivity index (χ2v) is 4.39. The maximum Gasteiger partial charge on any atom is 0.303 e. The van der Waals surface area contributed by atoms with Gasteiger partial charge in [-0.15, -0.1) is 0 Å². The van der Waals surface area contributed by atoms with Crippen molar-refractivity contribution < 1.29 is 19.1 Å². The Hall–Kier alpha value is -1.84. The Balaban J connectivity index is 2.96. The van der Waals surface area contributed by atoms with Gasteiger partial charge < -0.3 is 9.47 Å². The summed E-state index contributed by atoms with van der Waals surface area (Å²) in [6.07, 6.45) is 2.47. The van der Waals surface area contributed by atoms with Crippen LogP contribution in [0.25, 0.3) is 0 Å². The lowest BCUT2D eigenvalue weighted by Crippen LogP contribution is -2.35. The molecule has 0 unspecified atom stereocenters. The lowest BCUT2D eigenvalue weighted by Gasteiger charge is -2.33. The van der Waals surface area contributed by atoms with Gasteiger partial charge in [-0.3, -0.25) is 9.59 Å². The summed E-state index contributed by atoms with van der Waals surface area (Å²) in [5.74, 6) is -0.977. The molecule has 0 aliphatic heterocycles. The van der Waals surface area contributed by atoms with Crippen molar-refractivity contribution in [3.05, 3.63) is 36.5 Å². The van der Waals surface area contributed by atoms with Crippen molar-refractivity contribution in [1.29, 1.82) is 0 Å². The van der Waals surface area contributed by atoms with E-state index in [4.69, 9.17) is 9.47 Å². The highest BCUT2D eigenvalue weighted by Gasteiger charge is 2.33. The van der Waals surface area contributed by atoms with Crippen molar-refractivity contribution in [3.63, 3.8) is 0 Å². The quantitative estimate of drug-likeness (QED) is 0.569. The molecule has 0 fully saturated rings. The van der Waals surface area contributed by atoms with Crippen molar-refractivity contribution in [1.82, 2.24) is 0 Å². The van der Waals surface area contributed by atoms with Crippen LogP contribution in [-0.2, 0) is 19.1 Å². The summed E-state index contributed by atoms with van der Waals surface area (Å²) in [5.41, 5.74) is 1.49.